The highest BCUT2D eigenvalue weighted by Gasteiger charge is 2.70. The molecule has 4 nitrogen and oxygen atoms in total. The van der Waals surface area contributed by atoms with E-state index in [2.05, 4.69) is 60.7 Å². The van der Waals surface area contributed by atoms with E-state index in [0.29, 0.717) is 29.6 Å². The summed E-state index contributed by atoms with van der Waals surface area (Å²) in [7, 11) is -1.92. The van der Waals surface area contributed by atoms with Gasteiger partial charge in [-0.3, -0.25) is 4.79 Å². The standard InChI is InChI=1S/C30H49ClO4Si/c1-17(16-31)20-10-11-21-25-22(12-13-29(20,21)6)30(7)19(14-23(25)33-18(2)32)15-24(26-27(30)34-26)35-36(8,9)28(3,4)5/h14,17,20-27H,10-13,15-16H2,1-9H3/t17-,20-,21+,22+,23?,24-,25+,26+,27+,29-,30+/m1/s1. The van der Waals surface area contributed by atoms with Gasteiger partial charge in [-0.15, -0.1) is 11.6 Å². The van der Waals surface area contributed by atoms with Gasteiger partial charge in [-0.2, -0.15) is 0 Å². The Morgan fingerprint density at radius 2 is 1.92 bits per heavy atom. The van der Waals surface area contributed by atoms with Crippen molar-refractivity contribution in [3.8, 4) is 0 Å². The first-order chi connectivity index (χ1) is 16.6. The molecule has 0 bridgehead atoms. The molecule has 0 aromatic rings. The molecule has 204 valence electrons. The molecule has 1 saturated heterocycles. The molecule has 5 aliphatic rings. The number of carbonyl (C=O) groups excluding carboxylic acids is 1. The van der Waals surface area contributed by atoms with Crippen molar-refractivity contribution in [2.45, 2.75) is 123 Å². The van der Waals surface area contributed by atoms with Crippen molar-refractivity contribution in [1.82, 2.24) is 0 Å². The number of esters is 1. The van der Waals surface area contributed by atoms with Gasteiger partial charge in [0.1, 0.15) is 12.2 Å². The van der Waals surface area contributed by atoms with Crippen molar-refractivity contribution in [2.75, 3.05) is 5.88 Å². The highest BCUT2D eigenvalue weighted by molar-refractivity contribution is 6.74. The average molecular weight is 537 g/mol. The number of rotatable bonds is 5. The Hall–Kier alpha value is -0.363. The molecule has 0 radical (unpaired) electrons. The number of ether oxygens (including phenoxy) is 2. The first-order valence-electron chi connectivity index (χ1n) is 14.4. The molecule has 11 atom stereocenters. The summed E-state index contributed by atoms with van der Waals surface area (Å²) in [6.45, 7) is 20.5. The molecule has 3 saturated carbocycles. The maximum atomic E-state index is 12.3. The zero-order valence-electron chi connectivity index (χ0n) is 24.0. The summed E-state index contributed by atoms with van der Waals surface area (Å²) in [4.78, 5) is 12.3. The Balaban J connectivity index is 1.49. The SMILES string of the molecule is CC(=O)OC1C=C2C[C@@H](O[Si](C)(C)C(C)(C)C)[C@@H]3O[C@@H]3[C@]2(C)[C@H]2CC[C@]3(C)[C@@H]([C@H](C)CCl)CC[C@H]3[C@H]12. The van der Waals surface area contributed by atoms with Gasteiger partial charge in [0.25, 0.3) is 0 Å². The lowest BCUT2D eigenvalue weighted by Gasteiger charge is -2.59. The molecule has 0 N–H and O–H groups in total. The highest BCUT2D eigenvalue weighted by atomic mass is 35.5. The lowest BCUT2D eigenvalue weighted by molar-refractivity contribution is -0.158. The van der Waals surface area contributed by atoms with E-state index in [1.54, 1.807) is 6.92 Å². The molecule has 0 amide bonds. The number of halogens is 1. The monoisotopic (exact) mass is 536 g/mol. The minimum Gasteiger partial charge on any atom is -0.458 e. The predicted octanol–water partition coefficient (Wildman–Crippen LogP) is 7.36. The van der Waals surface area contributed by atoms with Crippen LogP contribution in [0.3, 0.4) is 0 Å². The molecule has 6 heteroatoms. The summed E-state index contributed by atoms with van der Waals surface area (Å²) in [5.74, 6) is 3.13. The fourth-order valence-electron chi connectivity index (χ4n) is 9.03. The van der Waals surface area contributed by atoms with Crippen molar-refractivity contribution >= 4 is 25.9 Å². The van der Waals surface area contributed by atoms with Crippen LogP contribution in [0.4, 0.5) is 0 Å². The summed E-state index contributed by atoms with van der Waals surface area (Å²) >= 11 is 6.38. The van der Waals surface area contributed by atoms with Crippen molar-refractivity contribution in [3.63, 3.8) is 0 Å². The van der Waals surface area contributed by atoms with E-state index in [4.69, 9.17) is 25.5 Å². The Morgan fingerprint density at radius 1 is 1.22 bits per heavy atom. The second-order valence-corrected chi connectivity index (χ2v) is 19.9. The molecule has 4 fully saturated rings. The molecular weight excluding hydrogens is 488 g/mol. The molecule has 5 rings (SSSR count). The maximum Gasteiger partial charge on any atom is 0.303 e. The third-order valence-electron chi connectivity index (χ3n) is 12.0. The third-order valence-corrected chi connectivity index (χ3v) is 17.0. The van der Waals surface area contributed by atoms with E-state index in [0.717, 1.165) is 12.3 Å². The predicted molar refractivity (Wildman–Crippen MR) is 148 cm³/mol. The average Bonchev–Trinajstić information content (AvgIpc) is 3.50. The summed E-state index contributed by atoms with van der Waals surface area (Å²) < 4.78 is 19.6. The van der Waals surface area contributed by atoms with Crippen molar-refractivity contribution in [3.05, 3.63) is 11.6 Å². The van der Waals surface area contributed by atoms with E-state index < -0.39 is 8.32 Å². The lowest BCUT2D eigenvalue weighted by atomic mass is 9.46. The zero-order chi connectivity index (χ0) is 26.4. The Labute approximate surface area is 225 Å². The summed E-state index contributed by atoms with van der Waals surface area (Å²) in [6, 6.07) is 0. The lowest BCUT2D eigenvalue weighted by Crippen LogP contribution is -2.58. The number of fused-ring (bicyclic) bond motifs is 7. The van der Waals surface area contributed by atoms with Crippen molar-refractivity contribution in [2.24, 2.45) is 40.4 Å². The summed E-state index contributed by atoms with van der Waals surface area (Å²) in [6.07, 6.45) is 8.51. The van der Waals surface area contributed by atoms with E-state index in [1.165, 1.54) is 31.3 Å². The van der Waals surface area contributed by atoms with Gasteiger partial charge in [-0.05, 0) is 85.4 Å². The van der Waals surface area contributed by atoms with Gasteiger partial charge in [-0.25, -0.2) is 0 Å². The molecule has 0 spiro atoms. The molecule has 36 heavy (non-hydrogen) atoms. The number of epoxide rings is 1. The van der Waals surface area contributed by atoms with Gasteiger partial charge in [0.05, 0.1) is 12.2 Å². The quantitative estimate of drug-likeness (QED) is 0.121. The number of hydrogen-bond acceptors (Lipinski definition) is 4. The van der Waals surface area contributed by atoms with E-state index in [-0.39, 0.29) is 46.3 Å². The van der Waals surface area contributed by atoms with Gasteiger partial charge >= 0.3 is 5.97 Å². The molecule has 0 aromatic heterocycles. The Kier molecular flexibility index (Phi) is 6.67. The van der Waals surface area contributed by atoms with Gasteiger partial charge < -0.3 is 13.9 Å². The molecule has 1 heterocycles. The van der Waals surface area contributed by atoms with E-state index in [9.17, 15) is 4.79 Å². The van der Waals surface area contributed by atoms with Gasteiger partial charge in [0.15, 0.2) is 8.32 Å². The Bertz CT molecular complexity index is 926. The zero-order valence-corrected chi connectivity index (χ0v) is 25.8. The topological polar surface area (TPSA) is 48.1 Å². The summed E-state index contributed by atoms with van der Waals surface area (Å²) in [5, 5.41) is 0.164. The van der Waals surface area contributed by atoms with Crippen LogP contribution in [0.1, 0.15) is 80.6 Å². The van der Waals surface area contributed by atoms with Crippen LogP contribution < -0.4 is 0 Å². The third kappa shape index (κ3) is 4.00. The number of hydrogen-bond donors (Lipinski definition) is 0. The van der Waals surface area contributed by atoms with E-state index in [1.807, 2.05) is 0 Å². The second-order valence-electron chi connectivity index (χ2n) is 14.8. The minimum atomic E-state index is -1.92. The Morgan fingerprint density at radius 3 is 2.53 bits per heavy atom. The van der Waals surface area contributed by atoms with Crippen LogP contribution in [0, 0.1) is 40.4 Å². The van der Waals surface area contributed by atoms with Crippen LogP contribution >= 0.6 is 11.6 Å². The molecule has 0 aromatic carbocycles. The van der Waals surface area contributed by atoms with E-state index >= 15 is 0 Å². The van der Waals surface area contributed by atoms with Crippen molar-refractivity contribution < 1.29 is 18.7 Å². The van der Waals surface area contributed by atoms with Gasteiger partial charge in [0.2, 0.25) is 0 Å². The largest absolute Gasteiger partial charge is 0.458 e. The number of carbonyl (C=O) groups is 1. The van der Waals surface area contributed by atoms with Crippen LogP contribution in [-0.2, 0) is 18.7 Å². The summed E-state index contributed by atoms with van der Waals surface area (Å²) in [5.41, 5.74) is 1.70. The molecule has 4 aliphatic carbocycles. The molecule has 1 unspecified atom stereocenters. The second kappa shape index (κ2) is 8.83. The molecule has 1 aliphatic heterocycles. The number of alkyl halides is 1. The maximum absolute atomic E-state index is 12.3. The van der Waals surface area contributed by atoms with Crippen LogP contribution in [0.15, 0.2) is 11.6 Å². The van der Waals surface area contributed by atoms with Crippen molar-refractivity contribution in [1.29, 1.82) is 0 Å². The van der Waals surface area contributed by atoms with Crippen LogP contribution in [0.5, 0.6) is 0 Å². The fraction of sp³-hybridized carbons (Fsp3) is 0.900. The van der Waals surface area contributed by atoms with Crippen LogP contribution in [0.25, 0.3) is 0 Å². The first kappa shape index (κ1) is 27.2. The normalized spacial score (nSPS) is 46.6. The van der Waals surface area contributed by atoms with Crippen LogP contribution in [0.2, 0.25) is 18.1 Å². The van der Waals surface area contributed by atoms with Gasteiger partial charge in [-0.1, -0.05) is 47.1 Å². The first-order valence-corrected chi connectivity index (χ1v) is 17.9. The smallest absolute Gasteiger partial charge is 0.303 e. The minimum absolute atomic E-state index is 0.0107. The molecular formula is C30H49ClO4Si. The van der Waals surface area contributed by atoms with Crippen LogP contribution in [-0.4, -0.2) is 44.6 Å². The van der Waals surface area contributed by atoms with Gasteiger partial charge in [0, 0.05) is 24.1 Å². The highest BCUT2D eigenvalue weighted by Crippen LogP contribution is 2.69. The fourth-order valence-corrected chi connectivity index (χ4v) is 10.6.